The molecule has 0 N–H and O–H groups in total. The highest BCUT2D eigenvalue weighted by Crippen LogP contribution is 2.29. The standard InChI is InChI=1S/C11H11NO2/c13-11-9-3-1-2-4-10(9)14-7-8-5-6-12(8)11/h1-4,8H,5-7H2/t8-/m0/s1. The highest BCUT2D eigenvalue weighted by atomic mass is 16.5. The molecular weight excluding hydrogens is 178 g/mol. The number of fused-ring (bicyclic) bond motifs is 2. The monoisotopic (exact) mass is 189 g/mol. The van der Waals surface area contributed by atoms with Gasteiger partial charge in [0.2, 0.25) is 0 Å². The maximum absolute atomic E-state index is 11.9. The van der Waals surface area contributed by atoms with Crippen LogP contribution in [0.4, 0.5) is 0 Å². The predicted octanol–water partition coefficient (Wildman–Crippen LogP) is 1.29. The van der Waals surface area contributed by atoms with Gasteiger partial charge in [0, 0.05) is 6.54 Å². The van der Waals surface area contributed by atoms with Crippen LogP contribution in [0.1, 0.15) is 16.8 Å². The number of nitrogens with zero attached hydrogens (tertiary/aromatic N) is 1. The summed E-state index contributed by atoms with van der Waals surface area (Å²) in [5.41, 5.74) is 0.703. The Kier molecular flexibility index (Phi) is 1.54. The van der Waals surface area contributed by atoms with Crippen molar-refractivity contribution in [1.82, 2.24) is 4.90 Å². The van der Waals surface area contributed by atoms with E-state index < -0.39 is 0 Å². The lowest BCUT2D eigenvalue weighted by Crippen LogP contribution is -2.52. The molecule has 1 aromatic rings. The topological polar surface area (TPSA) is 29.5 Å². The fraction of sp³-hybridized carbons (Fsp3) is 0.364. The fourth-order valence-corrected chi connectivity index (χ4v) is 1.99. The van der Waals surface area contributed by atoms with Crippen molar-refractivity contribution in [2.24, 2.45) is 0 Å². The van der Waals surface area contributed by atoms with Crippen LogP contribution in [0.2, 0.25) is 0 Å². The Balaban J connectivity index is 2.06. The van der Waals surface area contributed by atoms with Gasteiger partial charge in [-0.25, -0.2) is 0 Å². The van der Waals surface area contributed by atoms with Crippen molar-refractivity contribution in [2.75, 3.05) is 13.2 Å². The molecule has 0 saturated carbocycles. The van der Waals surface area contributed by atoms with Crippen LogP contribution >= 0.6 is 0 Å². The van der Waals surface area contributed by atoms with Crippen molar-refractivity contribution in [3.05, 3.63) is 29.8 Å². The Labute approximate surface area is 82.3 Å². The third-order valence-electron chi connectivity index (χ3n) is 2.95. The molecule has 3 heteroatoms. The molecule has 2 aliphatic rings. The number of carbonyl (C=O) groups is 1. The second-order valence-corrected chi connectivity index (χ2v) is 3.75. The molecule has 2 heterocycles. The van der Waals surface area contributed by atoms with E-state index in [0.717, 1.165) is 18.7 Å². The van der Waals surface area contributed by atoms with E-state index >= 15 is 0 Å². The molecule has 1 fully saturated rings. The van der Waals surface area contributed by atoms with Crippen LogP contribution in [0, 0.1) is 0 Å². The molecule has 0 bridgehead atoms. The zero-order chi connectivity index (χ0) is 9.54. The Morgan fingerprint density at radius 3 is 3.00 bits per heavy atom. The second kappa shape index (κ2) is 2.74. The molecule has 0 aliphatic carbocycles. The average molecular weight is 189 g/mol. The van der Waals surface area contributed by atoms with Crippen molar-refractivity contribution in [1.29, 1.82) is 0 Å². The molecule has 1 atom stereocenters. The van der Waals surface area contributed by atoms with Crippen molar-refractivity contribution < 1.29 is 9.53 Å². The highest BCUT2D eigenvalue weighted by Gasteiger charge is 2.36. The average Bonchev–Trinajstić information content (AvgIpc) is 2.24. The predicted molar refractivity (Wildman–Crippen MR) is 51.4 cm³/mol. The summed E-state index contributed by atoms with van der Waals surface area (Å²) in [6.07, 6.45) is 1.07. The molecule has 1 amide bonds. The van der Waals surface area contributed by atoms with E-state index in [1.807, 2.05) is 29.2 Å². The van der Waals surface area contributed by atoms with Crippen LogP contribution in [0.3, 0.4) is 0 Å². The minimum Gasteiger partial charge on any atom is -0.491 e. The lowest BCUT2D eigenvalue weighted by atomic mass is 10.0. The van der Waals surface area contributed by atoms with Gasteiger partial charge in [-0.15, -0.1) is 0 Å². The summed E-state index contributed by atoms with van der Waals surface area (Å²) in [4.78, 5) is 13.8. The molecule has 3 nitrogen and oxygen atoms in total. The van der Waals surface area contributed by atoms with Crippen LogP contribution in [0.15, 0.2) is 24.3 Å². The molecule has 1 aromatic carbocycles. The first-order valence-corrected chi connectivity index (χ1v) is 4.89. The van der Waals surface area contributed by atoms with Gasteiger partial charge in [0.1, 0.15) is 12.4 Å². The second-order valence-electron chi connectivity index (χ2n) is 3.75. The molecule has 0 radical (unpaired) electrons. The van der Waals surface area contributed by atoms with Gasteiger partial charge in [-0.1, -0.05) is 12.1 Å². The molecule has 1 saturated heterocycles. The van der Waals surface area contributed by atoms with Gasteiger partial charge < -0.3 is 9.64 Å². The summed E-state index contributed by atoms with van der Waals surface area (Å²) in [6.45, 7) is 1.52. The van der Waals surface area contributed by atoms with Gasteiger partial charge >= 0.3 is 0 Å². The number of amides is 1. The minimum atomic E-state index is 0.120. The maximum Gasteiger partial charge on any atom is 0.257 e. The van der Waals surface area contributed by atoms with Gasteiger partial charge in [0.05, 0.1) is 11.6 Å². The largest absolute Gasteiger partial charge is 0.491 e. The number of hydrogen-bond acceptors (Lipinski definition) is 2. The van der Waals surface area contributed by atoms with E-state index in [1.165, 1.54) is 0 Å². The van der Waals surface area contributed by atoms with Gasteiger partial charge in [0.25, 0.3) is 5.91 Å². The van der Waals surface area contributed by atoms with Gasteiger partial charge in [-0.05, 0) is 18.6 Å². The summed E-state index contributed by atoms with van der Waals surface area (Å²) in [5, 5.41) is 0. The Morgan fingerprint density at radius 1 is 1.36 bits per heavy atom. The molecule has 0 unspecified atom stereocenters. The first-order chi connectivity index (χ1) is 6.86. The zero-order valence-corrected chi connectivity index (χ0v) is 7.77. The van der Waals surface area contributed by atoms with E-state index in [1.54, 1.807) is 0 Å². The summed E-state index contributed by atoms with van der Waals surface area (Å²) in [6, 6.07) is 7.77. The Hall–Kier alpha value is -1.51. The number of carbonyl (C=O) groups excluding carboxylic acids is 1. The summed E-state index contributed by atoms with van der Waals surface area (Å²) < 4.78 is 5.59. The number of hydrogen-bond donors (Lipinski definition) is 0. The lowest BCUT2D eigenvalue weighted by Gasteiger charge is -2.38. The molecule has 0 spiro atoms. The molecule has 3 rings (SSSR count). The number of benzene rings is 1. The normalized spacial score (nSPS) is 24.1. The Morgan fingerprint density at radius 2 is 2.21 bits per heavy atom. The number of rotatable bonds is 0. The summed E-state index contributed by atoms with van der Waals surface area (Å²) in [5.74, 6) is 0.848. The quantitative estimate of drug-likeness (QED) is 0.615. The van der Waals surface area contributed by atoms with Crippen molar-refractivity contribution in [2.45, 2.75) is 12.5 Å². The molecule has 0 aromatic heterocycles. The molecular formula is C11H11NO2. The summed E-state index contributed by atoms with van der Waals surface area (Å²) >= 11 is 0. The van der Waals surface area contributed by atoms with Crippen molar-refractivity contribution in [3.8, 4) is 5.75 Å². The van der Waals surface area contributed by atoms with E-state index in [0.29, 0.717) is 18.2 Å². The highest BCUT2D eigenvalue weighted by molar-refractivity contribution is 5.97. The van der Waals surface area contributed by atoms with E-state index in [9.17, 15) is 4.79 Å². The van der Waals surface area contributed by atoms with Gasteiger partial charge in [-0.2, -0.15) is 0 Å². The van der Waals surface area contributed by atoms with Crippen LogP contribution in [0.5, 0.6) is 5.75 Å². The van der Waals surface area contributed by atoms with Gasteiger partial charge in [-0.3, -0.25) is 4.79 Å². The molecule has 14 heavy (non-hydrogen) atoms. The Bertz CT molecular complexity index is 389. The first kappa shape index (κ1) is 7.85. The van der Waals surface area contributed by atoms with Crippen molar-refractivity contribution >= 4 is 5.91 Å². The maximum atomic E-state index is 11.9. The van der Waals surface area contributed by atoms with Gasteiger partial charge in [0.15, 0.2) is 0 Å². The smallest absolute Gasteiger partial charge is 0.257 e. The fourth-order valence-electron chi connectivity index (χ4n) is 1.99. The van der Waals surface area contributed by atoms with Crippen LogP contribution in [-0.4, -0.2) is 30.0 Å². The third-order valence-corrected chi connectivity index (χ3v) is 2.95. The van der Waals surface area contributed by atoms with Crippen LogP contribution in [-0.2, 0) is 0 Å². The molecule has 2 aliphatic heterocycles. The SMILES string of the molecule is O=C1c2ccccc2OC[C@@H]2CCN12. The summed E-state index contributed by atoms with van der Waals surface area (Å²) in [7, 11) is 0. The van der Waals surface area contributed by atoms with E-state index in [-0.39, 0.29) is 5.91 Å². The third kappa shape index (κ3) is 0.953. The zero-order valence-electron chi connectivity index (χ0n) is 7.77. The number of para-hydroxylation sites is 1. The minimum absolute atomic E-state index is 0.120. The van der Waals surface area contributed by atoms with E-state index in [4.69, 9.17) is 4.74 Å². The van der Waals surface area contributed by atoms with Crippen LogP contribution < -0.4 is 4.74 Å². The first-order valence-electron chi connectivity index (χ1n) is 4.89. The van der Waals surface area contributed by atoms with Crippen molar-refractivity contribution in [3.63, 3.8) is 0 Å². The number of ether oxygens (including phenoxy) is 1. The van der Waals surface area contributed by atoms with Crippen LogP contribution in [0.25, 0.3) is 0 Å². The molecule has 72 valence electrons. The lowest BCUT2D eigenvalue weighted by molar-refractivity contribution is 0.0393. The van der Waals surface area contributed by atoms with E-state index in [2.05, 4.69) is 0 Å².